The van der Waals surface area contributed by atoms with Crippen molar-refractivity contribution in [3.63, 3.8) is 0 Å². The van der Waals surface area contributed by atoms with Crippen molar-refractivity contribution < 1.29 is 9.59 Å². The van der Waals surface area contributed by atoms with Crippen molar-refractivity contribution in [2.45, 2.75) is 0 Å². The largest absolute Gasteiger partial charge is 0.350 e. The molecule has 0 saturated carbocycles. The fourth-order valence-electron chi connectivity index (χ4n) is 2.12. The lowest BCUT2D eigenvalue weighted by Gasteiger charge is -2.09. The number of anilines is 1. The molecule has 1 aliphatic heterocycles. The lowest BCUT2D eigenvalue weighted by Crippen LogP contribution is -2.27. The molecular formula is C15H11BrN2O2S. The number of amides is 2. The van der Waals surface area contributed by atoms with Crippen molar-refractivity contribution in [3.8, 4) is 0 Å². The van der Waals surface area contributed by atoms with Gasteiger partial charge in [0.25, 0.3) is 11.8 Å². The molecule has 1 N–H and O–H groups in total. The quantitative estimate of drug-likeness (QED) is 0.851. The van der Waals surface area contributed by atoms with Gasteiger partial charge >= 0.3 is 0 Å². The van der Waals surface area contributed by atoms with E-state index in [-0.39, 0.29) is 11.8 Å². The van der Waals surface area contributed by atoms with Gasteiger partial charge in [0.05, 0.1) is 5.57 Å². The van der Waals surface area contributed by atoms with E-state index >= 15 is 0 Å². The first kappa shape index (κ1) is 14.0. The van der Waals surface area contributed by atoms with Gasteiger partial charge in [-0.25, -0.2) is 0 Å². The molecule has 1 aromatic heterocycles. The van der Waals surface area contributed by atoms with Crippen LogP contribution in [0.1, 0.15) is 4.88 Å². The van der Waals surface area contributed by atoms with Gasteiger partial charge in [-0.3, -0.25) is 14.5 Å². The molecule has 2 aromatic rings. The van der Waals surface area contributed by atoms with Crippen LogP contribution in [-0.2, 0) is 9.59 Å². The minimum Gasteiger partial charge on any atom is -0.350 e. The minimum atomic E-state index is -0.316. The van der Waals surface area contributed by atoms with Crippen LogP contribution in [0.4, 0.5) is 5.69 Å². The fraction of sp³-hybridized carbons (Fsp3) is 0.0667. The van der Waals surface area contributed by atoms with Gasteiger partial charge in [0.1, 0.15) is 5.70 Å². The first-order valence-electron chi connectivity index (χ1n) is 6.21. The summed E-state index contributed by atoms with van der Waals surface area (Å²) in [7, 11) is 1.49. The molecule has 4 nitrogen and oxygen atoms in total. The first-order chi connectivity index (χ1) is 10.1. The number of carbonyl (C=O) groups is 2. The predicted octanol–water partition coefficient (Wildman–Crippen LogP) is 3.33. The smallest absolute Gasteiger partial charge is 0.277 e. The highest BCUT2D eigenvalue weighted by atomic mass is 79.9. The number of hydrogen-bond donors (Lipinski definition) is 1. The van der Waals surface area contributed by atoms with Crippen LogP contribution in [-0.4, -0.2) is 23.8 Å². The molecule has 0 atom stereocenters. The minimum absolute atomic E-state index is 0.278. The maximum absolute atomic E-state index is 12.3. The number of benzene rings is 1. The van der Waals surface area contributed by atoms with Gasteiger partial charge < -0.3 is 5.32 Å². The van der Waals surface area contributed by atoms with Crippen LogP contribution in [0.5, 0.6) is 0 Å². The van der Waals surface area contributed by atoms with E-state index in [4.69, 9.17) is 0 Å². The number of halogens is 1. The summed E-state index contributed by atoms with van der Waals surface area (Å²) in [5, 5.41) is 4.96. The van der Waals surface area contributed by atoms with Crippen molar-refractivity contribution in [3.05, 3.63) is 56.8 Å². The second-order valence-corrected chi connectivity index (χ2v) is 6.40. The third kappa shape index (κ3) is 2.52. The van der Waals surface area contributed by atoms with Crippen molar-refractivity contribution in [1.82, 2.24) is 4.90 Å². The highest BCUT2D eigenvalue weighted by Crippen LogP contribution is 2.32. The van der Waals surface area contributed by atoms with Crippen molar-refractivity contribution in [2.24, 2.45) is 0 Å². The molecule has 1 aliphatic rings. The molecule has 2 amide bonds. The topological polar surface area (TPSA) is 49.4 Å². The van der Waals surface area contributed by atoms with E-state index in [0.717, 1.165) is 19.9 Å². The van der Waals surface area contributed by atoms with Gasteiger partial charge in [-0.05, 0) is 29.6 Å². The second kappa shape index (κ2) is 5.46. The number of imide groups is 1. The third-order valence-corrected chi connectivity index (χ3v) is 4.53. The van der Waals surface area contributed by atoms with Gasteiger partial charge in [-0.1, -0.05) is 28.1 Å². The monoisotopic (exact) mass is 362 g/mol. The Balaban J connectivity index is 2.07. The highest BCUT2D eigenvalue weighted by Gasteiger charge is 2.37. The van der Waals surface area contributed by atoms with Crippen molar-refractivity contribution in [1.29, 1.82) is 0 Å². The molecular weight excluding hydrogens is 352 g/mol. The zero-order valence-electron chi connectivity index (χ0n) is 11.1. The molecule has 0 unspecified atom stereocenters. The average Bonchev–Trinajstić information content (AvgIpc) is 3.04. The molecule has 0 radical (unpaired) electrons. The molecule has 6 heteroatoms. The fourth-order valence-corrected chi connectivity index (χ4v) is 3.28. The van der Waals surface area contributed by atoms with E-state index < -0.39 is 0 Å². The van der Waals surface area contributed by atoms with E-state index in [9.17, 15) is 9.59 Å². The van der Waals surface area contributed by atoms with Crippen LogP contribution in [0.25, 0.3) is 5.57 Å². The van der Waals surface area contributed by atoms with E-state index in [2.05, 4.69) is 21.2 Å². The van der Waals surface area contributed by atoms with Crippen molar-refractivity contribution in [2.75, 3.05) is 12.4 Å². The maximum Gasteiger partial charge on any atom is 0.277 e. The first-order valence-corrected chi connectivity index (χ1v) is 7.88. The van der Waals surface area contributed by atoms with Gasteiger partial charge in [0.15, 0.2) is 0 Å². The Bertz CT molecular complexity index is 753. The number of nitrogens with one attached hydrogen (secondary N) is 1. The lowest BCUT2D eigenvalue weighted by molar-refractivity contribution is -0.135. The molecule has 0 bridgehead atoms. The highest BCUT2D eigenvalue weighted by molar-refractivity contribution is 9.10. The van der Waals surface area contributed by atoms with E-state index in [1.54, 1.807) is 0 Å². The number of rotatable bonds is 3. The Morgan fingerprint density at radius 1 is 1.14 bits per heavy atom. The number of likely N-dealkylation sites (N-methyl/N-ethyl adjacent to an activating group) is 1. The van der Waals surface area contributed by atoms with Crippen LogP contribution in [0, 0.1) is 0 Å². The Labute approximate surface area is 134 Å². The summed E-state index contributed by atoms with van der Waals surface area (Å²) in [5.41, 5.74) is 1.51. The zero-order valence-corrected chi connectivity index (χ0v) is 13.5. The van der Waals surface area contributed by atoms with Gasteiger partial charge in [-0.2, -0.15) is 0 Å². The number of hydrogen-bond acceptors (Lipinski definition) is 4. The van der Waals surface area contributed by atoms with Crippen LogP contribution >= 0.6 is 27.3 Å². The molecule has 106 valence electrons. The summed E-state index contributed by atoms with van der Waals surface area (Å²) in [6.07, 6.45) is 0. The summed E-state index contributed by atoms with van der Waals surface area (Å²) in [4.78, 5) is 26.5. The molecule has 1 aromatic carbocycles. The normalized spacial score (nSPS) is 15.0. The van der Waals surface area contributed by atoms with Gasteiger partial charge in [0.2, 0.25) is 0 Å². The summed E-state index contributed by atoms with van der Waals surface area (Å²) in [6, 6.07) is 11.2. The Morgan fingerprint density at radius 2 is 1.95 bits per heavy atom. The molecule has 0 spiro atoms. The van der Waals surface area contributed by atoms with Crippen LogP contribution in [0.3, 0.4) is 0 Å². The van der Waals surface area contributed by atoms with Gasteiger partial charge in [0, 0.05) is 22.1 Å². The van der Waals surface area contributed by atoms with Crippen LogP contribution in [0.2, 0.25) is 0 Å². The molecule has 3 rings (SSSR count). The summed E-state index contributed by atoms with van der Waals surface area (Å²) in [6.45, 7) is 0. The third-order valence-electron chi connectivity index (χ3n) is 3.15. The second-order valence-electron chi connectivity index (χ2n) is 4.53. The Morgan fingerprint density at radius 3 is 2.62 bits per heavy atom. The Hall–Kier alpha value is -1.92. The molecule has 0 aliphatic carbocycles. The number of carbonyl (C=O) groups excluding carboxylic acids is 2. The predicted molar refractivity (Wildman–Crippen MR) is 86.8 cm³/mol. The molecule has 2 heterocycles. The maximum atomic E-state index is 12.3. The number of thiophene rings is 1. The Kier molecular flexibility index (Phi) is 3.65. The molecule has 0 saturated heterocycles. The zero-order chi connectivity index (χ0) is 15.0. The van der Waals surface area contributed by atoms with Gasteiger partial charge in [-0.15, -0.1) is 11.3 Å². The lowest BCUT2D eigenvalue weighted by atomic mass is 10.2. The van der Waals surface area contributed by atoms with Crippen LogP contribution < -0.4 is 5.32 Å². The standard InChI is InChI=1S/C15H11BrN2O2S/c1-18-14(19)12(11-6-3-7-21-11)13(15(18)20)17-10-5-2-4-9(16)8-10/h2-8,17H,1H3. The van der Waals surface area contributed by atoms with E-state index in [1.807, 2.05) is 41.8 Å². The molecule has 0 fully saturated rings. The van der Waals surface area contributed by atoms with Crippen LogP contribution in [0.15, 0.2) is 51.9 Å². The molecule has 21 heavy (non-hydrogen) atoms. The van der Waals surface area contributed by atoms with E-state index in [1.165, 1.54) is 18.4 Å². The number of nitrogens with zero attached hydrogens (tertiary/aromatic N) is 1. The summed E-state index contributed by atoms with van der Waals surface area (Å²) < 4.78 is 0.899. The average molecular weight is 363 g/mol. The summed E-state index contributed by atoms with van der Waals surface area (Å²) >= 11 is 4.83. The summed E-state index contributed by atoms with van der Waals surface area (Å²) in [5.74, 6) is -0.594. The SMILES string of the molecule is CN1C(=O)C(Nc2cccc(Br)c2)=C(c2cccs2)C1=O. The van der Waals surface area contributed by atoms with Crippen molar-refractivity contribution >= 4 is 50.3 Å². The van der Waals surface area contributed by atoms with E-state index in [0.29, 0.717) is 11.3 Å².